The largest absolute Gasteiger partial charge is 0.343 e. The number of carbonyl (C=O) groups is 2. The molecule has 0 radical (unpaired) electrons. The highest BCUT2D eigenvalue weighted by molar-refractivity contribution is 7.19. The van der Waals surface area contributed by atoms with Crippen molar-refractivity contribution in [2.45, 2.75) is 76.8 Å². The van der Waals surface area contributed by atoms with E-state index in [4.69, 9.17) is 11.6 Å². The van der Waals surface area contributed by atoms with Crippen LogP contribution in [0.4, 0.5) is 9.93 Å². The van der Waals surface area contributed by atoms with E-state index in [2.05, 4.69) is 15.2 Å². The van der Waals surface area contributed by atoms with Gasteiger partial charge in [-0.3, -0.25) is 10.1 Å². The lowest BCUT2D eigenvalue weighted by Crippen LogP contribution is -2.54. The lowest BCUT2D eigenvalue weighted by atomic mass is 9.91. The minimum absolute atomic E-state index is 0.0775. The number of nitrogens with one attached hydrogen (secondary N) is 1. The molecule has 1 aromatic rings. The average Bonchev–Trinajstić information content (AvgIpc) is 3.08. The number of piperidine rings is 1. The van der Waals surface area contributed by atoms with Crippen molar-refractivity contribution < 1.29 is 9.59 Å². The second kappa shape index (κ2) is 9.73. The normalized spacial score (nSPS) is 19.1. The number of likely N-dealkylation sites (tertiary alicyclic amines) is 1. The summed E-state index contributed by atoms with van der Waals surface area (Å²) in [5.74, 6) is 0.238. The molecule has 0 unspecified atom stereocenters. The van der Waals surface area contributed by atoms with Crippen LogP contribution in [0.15, 0.2) is 6.20 Å². The first-order chi connectivity index (χ1) is 13.1. The van der Waals surface area contributed by atoms with E-state index >= 15 is 0 Å². The van der Waals surface area contributed by atoms with Gasteiger partial charge in [0.15, 0.2) is 5.13 Å². The van der Waals surface area contributed by atoms with Crippen LogP contribution in [0.2, 0.25) is 4.34 Å². The van der Waals surface area contributed by atoms with E-state index in [0.717, 1.165) is 45.2 Å². The molecule has 1 saturated heterocycles. The summed E-state index contributed by atoms with van der Waals surface area (Å²) in [5.41, 5.74) is 0. The molecular formula is C19H29ClN4O2S. The molecule has 2 aliphatic rings. The summed E-state index contributed by atoms with van der Waals surface area (Å²) in [5, 5.41) is 3.48. The van der Waals surface area contributed by atoms with Gasteiger partial charge < -0.3 is 9.80 Å². The smallest absolute Gasteiger partial charge is 0.324 e. The van der Waals surface area contributed by atoms with Crippen LogP contribution in [-0.4, -0.2) is 51.9 Å². The topological polar surface area (TPSA) is 65.5 Å². The van der Waals surface area contributed by atoms with Crippen molar-refractivity contribution >= 4 is 40.0 Å². The van der Waals surface area contributed by atoms with Crippen LogP contribution in [0.1, 0.15) is 64.7 Å². The summed E-state index contributed by atoms with van der Waals surface area (Å²) in [6.07, 6.45) is 10.4. The van der Waals surface area contributed by atoms with E-state index in [9.17, 15) is 9.59 Å². The molecule has 1 N–H and O–H groups in total. The molecule has 2 heterocycles. The second-order valence-corrected chi connectivity index (χ2v) is 9.12. The number of hydrogen-bond donors (Lipinski definition) is 1. The molecule has 1 aromatic heterocycles. The first-order valence-electron chi connectivity index (χ1n) is 10.1. The summed E-state index contributed by atoms with van der Waals surface area (Å²) < 4.78 is 0.567. The summed E-state index contributed by atoms with van der Waals surface area (Å²) in [7, 11) is 0. The number of urea groups is 1. The predicted octanol–water partition coefficient (Wildman–Crippen LogP) is 4.75. The Morgan fingerprint density at radius 1 is 1.22 bits per heavy atom. The fraction of sp³-hybridized carbons (Fsp3) is 0.737. The number of rotatable bonds is 5. The Kier molecular flexibility index (Phi) is 7.35. The van der Waals surface area contributed by atoms with E-state index in [0.29, 0.717) is 15.9 Å². The van der Waals surface area contributed by atoms with E-state index < -0.39 is 0 Å². The van der Waals surface area contributed by atoms with Crippen molar-refractivity contribution in [1.29, 1.82) is 0 Å². The van der Waals surface area contributed by atoms with Crippen molar-refractivity contribution in [3.8, 4) is 0 Å². The van der Waals surface area contributed by atoms with Crippen LogP contribution in [-0.2, 0) is 4.79 Å². The number of nitrogens with zero attached hydrogens (tertiary/aromatic N) is 3. The first-order valence-corrected chi connectivity index (χ1v) is 11.3. The number of anilines is 1. The zero-order chi connectivity index (χ0) is 19.2. The van der Waals surface area contributed by atoms with Gasteiger partial charge in [0, 0.05) is 31.6 Å². The molecule has 0 bridgehead atoms. The van der Waals surface area contributed by atoms with Gasteiger partial charge in [0.1, 0.15) is 4.34 Å². The van der Waals surface area contributed by atoms with Crippen LogP contribution in [0.3, 0.4) is 0 Å². The maximum absolute atomic E-state index is 13.1. The van der Waals surface area contributed by atoms with Gasteiger partial charge in [-0.25, -0.2) is 9.78 Å². The van der Waals surface area contributed by atoms with Crippen molar-refractivity contribution in [3.63, 3.8) is 0 Å². The Morgan fingerprint density at radius 3 is 2.48 bits per heavy atom. The summed E-state index contributed by atoms with van der Waals surface area (Å²) >= 11 is 7.23. The number of aromatic nitrogens is 1. The zero-order valence-electron chi connectivity index (χ0n) is 16.0. The van der Waals surface area contributed by atoms with Gasteiger partial charge in [-0.15, -0.1) is 0 Å². The average molecular weight is 413 g/mol. The highest BCUT2D eigenvalue weighted by atomic mass is 35.5. The predicted molar refractivity (Wildman–Crippen MR) is 109 cm³/mol. The maximum atomic E-state index is 13.1. The van der Waals surface area contributed by atoms with E-state index in [-0.39, 0.29) is 24.0 Å². The lowest BCUT2D eigenvalue weighted by Gasteiger charge is -2.43. The van der Waals surface area contributed by atoms with Crippen LogP contribution < -0.4 is 5.32 Å². The lowest BCUT2D eigenvalue weighted by molar-refractivity contribution is -0.132. The number of hydrogen-bond acceptors (Lipinski definition) is 4. The van der Waals surface area contributed by atoms with E-state index in [1.165, 1.54) is 30.6 Å². The molecule has 0 atom stereocenters. The molecule has 0 aromatic carbocycles. The van der Waals surface area contributed by atoms with Crippen molar-refractivity contribution in [3.05, 3.63) is 10.5 Å². The molecule has 150 valence electrons. The van der Waals surface area contributed by atoms with Crippen molar-refractivity contribution in [1.82, 2.24) is 14.8 Å². The Morgan fingerprint density at radius 2 is 1.89 bits per heavy atom. The highest BCUT2D eigenvalue weighted by Gasteiger charge is 2.34. The third-order valence-electron chi connectivity index (χ3n) is 5.57. The third kappa shape index (κ3) is 5.35. The van der Waals surface area contributed by atoms with Crippen LogP contribution in [0.25, 0.3) is 0 Å². The van der Waals surface area contributed by atoms with Gasteiger partial charge >= 0.3 is 6.03 Å². The van der Waals surface area contributed by atoms with Crippen molar-refractivity contribution in [2.24, 2.45) is 0 Å². The van der Waals surface area contributed by atoms with Gasteiger partial charge in [-0.1, -0.05) is 49.1 Å². The highest BCUT2D eigenvalue weighted by Crippen LogP contribution is 2.30. The monoisotopic (exact) mass is 412 g/mol. The maximum Gasteiger partial charge on any atom is 0.324 e. The SMILES string of the molecule is CCCC(=O)N1CCC(N(C(=O)Nc2ncc(Cl)s2)C2CCCCC2)CC1. The number of halogens is 1. The fourth-order valence-electron chi connectivity index (χ4n) is 4.22. The molecule has 1 saturated carbocycles. The van der Waals surface area contributed by atoms with E-state index in [1.54, 1.807) is 6.20 Å². The molecule has 2 fully saturated rings. The molecule has 0 spiro atoms. The summed E-state index contributed by atoms with van der Waals surface area (Å²) in [6, 6.07) is 0.373. The zero-order valence-corrected chi connectivity index (χ0v) is 17.5. The second-order valence-electron chi connectivity index (χ2n) is 7.46. The minimum atomic E-state index is -0.0775. The van der Waals surface area contributed by atoms with Crippen LogP contribution in [0, 0.1) is 0 Å². The van der Waals surface area contributed by atoms with Gasteiger partial charge in [0.2, 0.25) is 5.91 Å². The Hall–Kier alpha value is -1.34. The number of thiazole rings is 1. The van der Waals surface area contributed by atoms with Crippen LogP contribution in [0.5, 0.6) is 0 Å². The van der Waals surface area contributed by atoms with E-state index in [1.807, 2.05) is 11.8 Å². The minimum Gasteiger partial charge on any atom is -0.343 e. The first kappa shape index (κ1) is 20.4. The Balaban J connectivity index is 1.66. The molecule has 1 aliphatic heterocycles. The standard InChI is InChI=1S/C19H29ClN4O2S/c1-2-6-17(25)23-11-9-15(10-12-23)24(14-7-4-3-5-8-14)19(26)22-18-21-13-16(20)27-18/h13-15H,2-12H2,1H3,(H,21,22,26). The molecule has 3 amide bonds. The van der Waals surface area contributed by atoms with Crippen LogP contribution >= 0.6 is 22.9 Å². The summed E-state index contributed by atoms with van der Waals surface area (Å²) in [4.78, 5) is 33.4. The Labute approximate surface area is 170 Å². The molecule has 27 heavy (non-hydrogen) atoms. The number of carbonyl (C=O) groups excluding carboxylic acids is 2. The number of amides is 3. The third-order valence-corrected chi connectivity index (χ3v) is 6.60. The van der Waals surface area contributed by atoms with Gasteiger partial charge in [0.25, 0.3) is 0 Å². The quantitative estimate of drug-likeness (QED) is 0.758. The van der Waals surface area contributed by atoms with Gasteiger partial charge in [-0.05, 0) is 32.1 Å². The molecule has 3 rings (SSSR count). The summed E-state index contributed by atoms with van der Waals surface area (Å²) in [6.45, 7) is 3.51. The van der Waals surface area contributed by atoms with Crippen molar-refractivity contribution in [2.75, 3.05) is 18.4 Å². The fourth-order valence-corrected chi connectivity index (χ4v) is 5.02. The molecule has 8 heteroatoms. The Bertz CT molecular complexity index is 639. The van der Waals surface area contributed by atoms with Gasteiger partial charge in [-0.2, -0.15) is 0 Å². The van der Waals surface area contributed by atoms with Gasteiger partial charge in [0.05, 0.1) is 6.20 Å². The molecule has 1 aliphatic carbocycles. The molecular weight excluding hydrogens is 384 g/mol. The molecule has 6 nitrogen and oxygen atoms in total.